The smallest absolute Gasteiger partial charge is 0.254 e. The number of piperazine rings is 1. The number of anilines is 3. The third-order valence-corrected chi connectivity index (χ3v) is 5.90. The second-order valence-electron chi connectivity index (χ2n) is 8.39. The van der Waals surface area contributed by atoms with E-state index in [2.05, 4.69) is 15.3 Å². The normalized spacial score (nSPS) is 18.9. The fraction of sp³-hybridized carbons (Fsp3) is 0.409. The number of carbonyl (C=O) groups excluding carboxylic acids is 3. The van der Waals surface area contributed by atoms with Crippen LogP contribution < -0.4 is 21.7 Å². The van der Waals surface area contributed by atoms with Crippen LogP contribution in [0.15, 0.2) is 30.5 Å². The van der Waals surface area contributed by atoms with E-state index < -0.39 is 5.91 Å². The van der Waals surface area contributed by atoms with Crippen molar-refractivity contribution < 1.29 is 14.4 Å². The van der Waals surface area contributed by atoms with Gasteiger partial charge in [-0.25, -0.2) is 4.98 Å². The first-order valence-electron chi connectivity index (χ1n) is 10.9. The van der Waals surface area contributed by atoms with Crippen LogP contribution in [-0.2, 0) is 4.79 Å². The summed E-state index contributed by atoms with van der Waals surface area (Å²) in [4.78, 5) is 50.8. The topological polar surface area (TPSA) is 151 Å². The molecule has 0 radical (unpaired) electrons. The number of benzene rings is 1. The van der Waals surface area contributed by atoms with Crippen molar-refractivity contribution in [2.75, 3.05) is 50.0 Å². The Kier molecular flexibility index (Phi) is 6.40. The Hall–Kier alpha value is -3.73. The van der Waals surface area contributed by atoms with Gasteiger partial charge in [-0.1, -0.05) is 6.07 Å². The highest BCUT2D eigenvalue weighted by Gasteiger charge is 2.26. The molecule has 2 fully saturated rings. The number of rotatable bonds is 5. The van der Waals surface area contributed by atoms with Gasteiger partial charge in [0.2, 0.25) is 11.9 Å². The van der Waals surface area contributed by atoms with Gasteiger partial charge in [-0.3, -0.25) is 14.4 Å². The SMILES string of the molecule is CN1CCN(C(=O)c2cccc(Nc3nc(N4CCC[C@H](N)C4)ncc3C(N)=O)c2)CC1=O. The zero-order valence-corrected chi connectivity index (χ0v) is 18.5. The summed E-state index contributed by atoms with van der Waals surface area (Å²) >= 11 is 0. The number of primary amides is 1. The largest absolute Gasteiger partial charge is 0.365 e. The average molecular weight is 453 g/mol. The van der Waals surface area contributed by atoms with Crippen molar-refractivity contribution in [3.63, 3.8) is 0 Å². The number of likely N-dealkylation sites (N-methyl/N-ethyl adjacent to an activating group) is 1. The molecule has 5 N–H and O–H groups in total. The molecule has 174 valence electrons. The van der Waals surface area contributed by atoms with Crippen molar-refractivity contribution in [3.8, 4) is 0 Å². The van der Waals surface area contributed by atoms with Crippen LogP contribution in [0, 0.1) is 0 Å². The molecule has 2 aromatic rings. The molecule has 0 spiro atoms. The van der Waals surface area contributed by atoms with E-state index in [-0.39, 0.29) is 35.8 Å². The van der Waals surface area contributed by atoms with E-state index in [1.165, 1.54) is 11.1 Å². The van der Waals surface area contributed by atoms with Gasteiger partial charge in [0.25, 0.3) is 11.8 Å². The van der Waals surface area contributed by atoms with E-state index in [1.54, 1.807) is 36.2 Å². The highest BCUT2D eigenvalue weighted by atomic mass is 16.2. The van der Waals surface area contributed by atoms with Crippen molar-refractivity contribution in [1.29, 1.82) is 0 Å². The average Bonchev–Trinajstić information content (AvgIpc) is 2.80. The molecule has 2 saturated heterocycles. The number of nitrogens with two attached hydrogens (primary N) is 2. The minimum atomic E-state index is -0.664. The molecule has 3 amide bonds. The van der Waals surface area contributed by atoms with Gasteiger partial charge < -0.3 is 31.5 Å². The lowest BCUT2D eigenvalue weighted by Crippen LogP contribution is -2.50. The minimum Gasteiger partial charge on any atom is -0.365 e. The van der Waals surface area contributed by atoms with Gasteiger partial charge >= 0.3 is 0 Å². The summed E-state index contributed by atoms with van der Waals surface area (Å²) < 4.78 is 0. The molecule has 1 aromatic heterocycles. The standard InChI is InChI=1S/C22H28N8O3/c1-28-8-9-29(13-18(28)31)21(33)14-4-2-6-16(10-14)26-20-17(19(24)32)11-25-22(27-20)30-7-3-5-15(23)12-30/h2,4,6,10-11,15H,3,5,7-9,12-13,23H2,1H3,(H2,24,32)(H,25,26,27)/t15-/m0/s1. The van der Waals surface area contributed by atoms with Gasteiger partial charge in [0.05, 0.1) is 0 Å². The van der Waals surface area contributed by atoms with E-state index in [9.17, 15) is 14.4 Å². The summed E-state index contributed by atoms with van der Waals surface area (Å²) in [5, 5.41) is 3.10. The molecule has 1 aromatic carbocycles. The van der Waals surface area contributed by atoms with E-state index in [1.807, 2.05) is 4.90 Å². The molecule has 4 rings (SSSR count). The van der Waals surface area contributed by atoms with Crippen LogP contribution in [-0.4, -0.2) is 83.3 Å². The number of carbonyl (C=O) groups is 3. The van der Waals surface area contributed by atoms with Gasteiger partial charge in [-0.15, -0.1) is 0 Å². The molecule has 0 aliphatic carbocycles. The van der Waals surface area contributed by atoms with Crippen LogP contribution >= 0.6 is 0 Å². The maximum atomic E-state index is 12.9. The molecule has 2 aliphatic heterocycles. The van der Waals surface area contributed by atoms with Gasteiger partial charge in [0.15, 0.2) is 0 Å². The number of hydrogen-bond donors (Lipinski definition) is 3. The summed E-state index contributed by atoms with van der Waals surface area (Å²) in [5.74, 6) is -0.281. The van der Waals surface area contributed by atoms with Crippen LogP contribution in [0.1, 0.15) is 33.6 Å². The van der Waals surface area contributed by atoms with E-state index in [0.29, 0.717) is 36.8 Å². The minimum absolute atomic E-state index is 0.0405. The number of aromatic nitrogens is 2. The van der Waals surface area contributed by atoms with Crippen molar-refractivity contribution in [2.45, 2.75) is 18.9 Å². The molecule has 0 unspecified atom stereocenters. The lowest BCUT2D eigenvalue weighted by atomic mass is 10.1. The van der Waals surface area contributed by atoms with Crippen LogP contribution in [0.2, 0.25) is 0 Å². The quantitative estimate of drug-likeness (QED) is 0.580. The van der Waals surface area contributed by atoms with Gasteiger partial charge in [0, 0.05) is 56.7 Å². The summed E-state index contributed by atoms with van der Waals surface area (Å²) in [6, 6.07) is 6.87. The van der Waals surface area contributed by atoms with Gasteiger partial charge in [-0.05, 0) is 31.0 Å². The van der Waals surface area contributed by atoms with Crippen LogP contribution in [0.4, 0.5) is 17.5 Å². The Labute approximate surface area is 191 Å². The van der Waals surface area contributed by atoms with Crippen LogP contribution in [0.3, 0.4) is 0 Å². The van der Waals surface area contributed by atoms with E-state index >= 15 is 0 Å². The van der Waals surface area contributed by atoms with Crippen LogP contribution in [0.5, 0.6) is 0 Å². The predicted octanol–water partition coefficient (Wildman–Crippen LogP) is 0.161. The number of piperidine rings is 1. The fourth-order valence-corrected chi connectivity index (χ4v) is 3.97. The van der Waals surface area contributed by atoms with Gasteiger partial charge in [0.1, 0.15) is 17.9 Å². The van der Waals surface area contributed by atoms with Crippen molar-refractivity contribution in [3.05, 3.63) is 41.6 Å². The monoisotopic (exact) mass is 452 g/mol. The fourth-order valence-electron chi connectivity index (χ4n) is 3.97. The number of amides is 3. The maximum absolute atomic E-state index is 12.9. The van der Waals surface area contributed by atoms with E-state index in [0.717, 1.165) is 19.4 Å². The molecule has 0 saturated carbocycles. The molecule has 2 aliphatic rings. The summed E-state index contributed by atoms with van der Waals surface area (Å²) in [5.41, 5.74) is 12.7. The number of hydrogen-bond acceptors (Lipinski definition) is 8. The predicted molar refractivity (Wildman–Crippen MR) is 123 cm³/mol. The second kappa shape index (κ2) is 9.41. The summed E-state index contributed by atoms with van der Waals surface area (Å²) in [7, 11) is 1.72. The summed E-state index contributed by atoms with van der Waals surface area (Å²) in [6.45, 7) is 2.41. The second-order valence-corrected chi connectivity index (χ2v) is 8.39. The Morgan fingerprint density at radius 3 is 2.76 bits per heavy atom. The molecule has 0 bridgehead atoms. The lowest BCUT2D eigenvalue weighted by molar-refractivity contribution is -0.133. The Morgan fingerprint density at radius 1 is 1.21 bits per heavy atom. The van der Waals surface area contributed by atoms with Gasteiger partial charge in [-0.2, -0.15) is 4.98 Å². The van der Waals surface area contributed by atoms with Crippen molar-refractivity contribution >= 4 is 35.2 Å². The molecule has 11 nitrogen and oxygen atoms in total. The van der Waals surface area contributed by atoms with Crippen LogP contribution in [0.25, 0.3) is 0 Å². The molecule has 11 heteroatoms. The highest BCUT2D eigenvalue weighted by molar-refractivity contribution is 5.99. The molecule has 1 atom stereocenters. The zero-order chi connectivity index (χ0) is 23.5. The first-order chi connectivity index (χ1) is 15.8. The molecule has 33 heavy (non-hydrogen) atoms. The first kappa shape index (κ1) is 22.5. The first-order valence-corrected chi connectivity index (χ1v) is 10.9. The third-order valence-electron chi connectivity index (χ3n) is 5.90. The zero-order valence-electron chi connectivity index (χ0n) is 18.5. The highest BCUT2D eigenvalue weighted by Crippen LogP contribution is 2.24. The van der Waals surface area contributed by atoms with Crippen molar-refractivity contribution in [1.82, 2.24) is 19.8 Å². The Balaban J connectivity index is 1.57. The molecule has 3 heterocycles. The third kappa shape index (κ3) is 5.03. The molecular formula is C22H28N8O3. The van der Waals surface area contributed by atoms with E-state index in [4.69, 9.17) is 11.5 Å². The summed E-state index contributed by atoms with van der Waals surface area (Å²) in [6.07, 6.45) is 3.28. The molecular weight excluding hydrogens is 424 g/mol. The Morgan fingerprint density at radius 2 is 2.03 bits per heavy atom. The maximum Gasteiger partial charge on any atom is 0.254 e. The number of nitrogens with zero attached hydrogens (tertiary/aromatic N) is 5. The number of nitrogens with one attached hydrogen (secondary N) is 1. The lowest BCUT2D eigenvalue weighted by Gasteiger charge is -2.32. The van der Waals surface area contributed by atoms with Crippen molar-refractivity contribution in [2.24, 2.45) is 11.5 Å². The Bertz CT molecular complexity index is 1080.